The number of fused-ring (bicyclic) bond motifs is 1. The second-order valence-corrected chi connectivity index (χ2v) is 7.07. The van der Waals surface area contributed by atoms with Gasteiger partial charge in [-0.15, -0.1) is 0 Å². The Hall–Kier alpha value is -2.58. The summed E-state index contributed by atoms with van der Waals surface area (Å²) in [7, 11) is 1.80. The van der Waals surface area contributed by atoms with Crippen molar-refractivity contribution in [2.45, 2.75) is 12.8 Å². The zero-order valence-electron chi connectivity index (χ0n) is 14.4. The number of amides is 1. The predicted molar refractivity (Wildman–Crippen MR) is 104 cm³/mol. The lowest BCUT2D eigenvalue weighted by Gasteiger charge is -2.15. The molecule has 140 valence electrons. The number of aromatic hydroxyl groups is 1. The molecule has 3 aromatic heterocycles. The van der Waals surface area contributed by atoms with Crippen molar-refractivity contribution in [3.63, 3.8) is 0 Å². The molecule has 0 radical (unpaired) electrons. The predicted octanol–water partition coefficient (Wildman–Crippen LogP) is 3.23. The van der Waals surface area contributed by atoms with Crippen molar-refractivity contribution in [2.75, 3.05) is 23.3 Å². The van der Waals surface area contributed by atoms with Crippen molar-refractivity contribution in [1.82, 2.24) is 19.7 Å². The van der Waals surface area contributed by atoms with Gasteiger partial charge in [0.05, 0.1) is 15.9 Å². The van der Waals surface area contributed by atoms with Crippen LogP contribution in [-0.4, -0.2) is 43.9 Å². The van der Waals surface area contributed by atoms with E-state index in [1.807, 2.05) is 6.07 Å². The van der Waals surface area contributed by atoms with Crippen LogP contribution in [0.4, 0.5) is 11.6 Å². The highest BCUT2D eigenvalue weighted by molar-refractivity contribution is 6.36. The number of hydrogen-bond donors (Lipinski definition) is 2. The number of carbonyl (C=O) groups excluding carboxylic acids is 1. The lowest BCUT2D eigenvalue weighted by molar-refractivity contribution is 0.102. The van der Waals surface area contributed by atoms with Crippen molar-refractivity contribution in [3.05, 3.63) is 34.2 Å². The third-order valence-electron chi connectivity index (χ3n) is 4.52. The van der Waals surface area contributed by atoms with Crippen LogP contribution in [0.3, 0.4) is 0 Å². The second kappa shape index (κ2) is 6.86. The first kappa shape index (κ1) is 17.8. The maximum atomic E-state index is 12.5. The number of halogens is 2. The van der Waals surface area contributed by atoms with Crippen LogP contribution >= 0.6 is 23.2 Å². The number of anilines is 2. The van der Waals surface area contributed by atoms with E-state index in [2.05, 4.69) is 25.3 Å². The Kier molecular flexibility index (Phi) is 4.53. The van der Waals surface area contributed by atoms with Gasteiger partial charge >= 0.3 is 0 Å². The van der Waals surface area contributed by atoms with Crippen LogP contribution in [-0.2, 0) is 7.05 Å². The Balaban J connectivity index is 1.65. The smallest absolute Gasteiger partial charge is 0.275 e. The highest BCUT2D eigenvalue weighted by atomic mass is 35.5. The lowest BCUT2D eigenvalue weighted by atomic mass is 10.3. The van der Waals surface area contributed by atoms with Crippen molar-refractivity contribution < 1.29 is 9.90 Å². The monoisotopic (exact) mass is 406 g/mol. The average Bonchev–Trinajstić information content (AvgIpc) is 3.28. The summed E-state index contributed by atoms with van der Waals surface area (Å²) in [5, 5.41) is 17.1. The number of hydrogen-bond acceptors (Lipinski definition) is 6. The Bertz CT molecular complexity index is 1020. The van der Waals surface area contributed by atoms with E-state index in [0.717, 1.165) is 37.3 Å². The summed E-state index contributed by atoms with van der Waals surface area (Å²) < 4.78 is 1.69. The molecule has 1 aliphatic heterocycles. The van der Waals surface area contributed by atoms with Gasteiger partial charge < -0.3 is 15.3 Å². The molecular weight excluding hydrogens is 391 g/mol. The van der Waals surface area contributed by atoms with Gasteiger partial charge in [-0.2, -0.15) is 5.10 Å². The molecule has 8 nitrogen and oxygen atoms in total. The maximum absolute atomic E-state index is 12.5. The number of rotatable bonds is 3. The van der Waals surface area contributed by atoms with E-state index in [1.54, 1.807) is 17.9 Å². The first-order chi connectivity index (χ1) is 12.9. The molecule has 1 saturated heterocycles. The fraction of sp³-hybridized carbons (Fsp3) is 0.294. The van der Waals surface area contributed by atoms with Crippen LogP contribution < -0.4 is 10.2 Å². The van der Waals surface area contributed by atoms with Gasteiger partial charge in [-0.25, -0.2) is 9.97 Å². The van der Waals surface area contributed by atoms with Gasteiger partial charge in [-0.05, 0) is 18.9 Å². The largest absolute Gasteiger partial charge is 0.504 e. The molecule has 0 bridgehead atoms. The molecule has 0 aromatic carbocycles. The number of carbonyl (C=O) groups is 1. The third-order valence-corrected chi connectivity index (χ3v) is 5.07. The van der Waals surface area contributed by atoms with Gasteiger partial charge in [0, 0.05) is 32.4 Å². The molecule has 0 saturated carbocycles. The summed E-state index contributed by atoms with van der Waals surface area (Å²) >= 11 is 11.6. The van der Waals surface area contributed by atoms with Crippen LogP contribution in [0.2, 0.25) is 10.2 Å². The highest BCUT2D eigenvalue weighted by Gasteiger charge is 2.19. The molecule has 4 heterocycles. The van der Waals surface area contributed by atoms with Gasteiger partial charge in [0.2, 0.25) is 0 Å². The van der Waals surface area contributed by atoms with Crippen molar-refractivity contribution in [2.24, 2.45) is 7.05 Å². The van der Waals surface area contributed by atoms with Gasteiger partial charge in [0.25, 0.3) is 5.91 Å². The molecule has 0 aliphatic carbocycles. The van der Waals surface area contributed by atoms with Gasteiger partial charge in [-0.1, -0.05) is 23.2 Å². The van der Waals surface area contributed by atoms with Crippen molar-refractivity contribution in [3.8, 4) is 5.75 Å². The van der Waals surface area contributed by atoms with E-state index in [9.17, 15) is 9.90 Å². The Morgan fingerprint density at radius 2 is 2.00 bits per heavy atom. The molecular formula is C17H16Cl2N6O2. The molecule has 2 N–H and O–H groups in total. The molecule has 0 unspecified atom stereocenters. The van der Waals surface area contributed by atoms with Gasteiger partial charge in [0.15, 0.2) is 16.7 Å². The molecule has 4 rings (SSSR count). The number of aromatic nitrogens is 4. The van der Waals surface area contributed by atoms with E-state index >= 15 is 0 Å². The van der Waals surface area contributed by atoms with E-state index < -0.39 is 5.91 Å². The van der Waals surface area contributed by atoms with Gasteiger partial charge in [-0.3, -0.25) is 9.48 Å². The highest BCUT2D eigenvalue weighted by Crippen LogP contribution is 2.31. The van der Waals surface area contributed by atoms with E-state index in [4.69, 9.17) is 23.2 Å². The van der Waals surface area contributed by atoms with Crippen LogP contribution in [0.1, 0.15) is 23.3 Å². The van der Waals surface area contributed by atoms with Crippen LogP contribution in [0.5, 0.6) is 5.75 Å². The Labute approximate surface area is 164 Å². The molecule has 0 spiro atoms. The minimum Gasteiger partial charge on any atom is -0.504 e. The fourth-order valence-corrected chi connectivity index (χ4v) is 3.55. The fourth-order valence-electron chi connectivity index (χ4n) is 3.12. The Morgan fingerprint density at radius 1 is 1.26 bits per heavy atom. The summed E-state index contributed by atoms with van der Waals surface area (Å²) in [5.41, 5.74) is 0.833. The minimum atomic E-state index is -0.539. The molecule has 10 heteroatoms. The number of nitrogens with zero attached hydrogens (tertiary/aromatic N) is 5. The van der Waals surface area contributed by atoms with Crippen molar-refractivity contribution >= 4 is 51.6 Å². The molecule has 1 fully saturated rings. The first-order valence-corrected chi connectivity index (χ1v) is 9.13. The summed E-state index contributed by atoms with van der Waals surface area (Å²) in [6, 6.07) is 3.21. The third kappa shape index (κ3) is 3.26. The zero-order chi connectivity index (χ0) is 19.1. The zero-order valence-corrected chi connectivity index (χ0v) is 15.9. The molecule has 1 amide bonds. The van der Waals surface area contributed by atoms with E-state index in [-0.39, 0.29) is 21.6 Å². The van der Waals surface area contributed by atoms with Crippen LogP contribution in [0, 0.1) is 0 Å². The minimum absolute atomic E-state index is 0.0248. The Morgan fingerprint density at radius 3 is 2.70 bits per heavy atom. The maximum Gasteiger partial charge on any atom is 0.275 e. The second-order valence-electron chi connectivity index (χ2n) is 6.31. The normalized spacial score (nSPS) is 14.1. The lowest BCUT2D eigenvalue weighted by Crippen LogP contribution is -2.18. The molecule has 27 heavy (non-hydrogen) atoms. The number of pyridine rings is 2. The molecule has 3 aromatic rings. The summed E-state index contributed by atoms with van der Waals surface area (Å²) in [5.74, 6) is 0.360. The standard InChI is InChI=1S/C17H16Cl2N6O2/c1-24-12-7-13(25-4-2-3-5-25)20-8-9(12)16(23-24)22-17(27)11-6-10(18)14(26)15(19)21-11/h6-8,26H,2-5H2,1H3,(H,22,23,27). The SMILES string of the molecule is Cn1nc(NC(=O)c2cc(Cl)c(O)c(Cl)n2)c2cnc(N3CCCC3)cc21. The first-order valence-electron chi connectivity index (χ1n) is 8.38. The van der Waals surface area contributed by atoms with Crippen molar-refractivity contribution in [1.29, 1.82) is 0 Å². The quantitative estimate of drug-likeness (QED) is 0.648. The molecule has 0 atom stereocenters. The van der Waals surface area contributed by atoms with E-state index in [1.165, 1.54) is 6.07 Å². The van der Waals surface area contributed by atoms with Gasteiger partial charge in [0.1, 0.15) is 11.5 Å². The number of aryl methyl sites for hydroxylation is 1. The average molecular weight is 407 g/mol. The summed E-state index contributed by atoms with van der Waals surface area (Å²) in [4.78, 5) is 23.1. The molecule has 1 aliphatic rings. The van der Waals surface area contributed by atoms with E-state index in [0.29, 0.717) is 11.2 Å². The summed E-state index contributed by atoms with van der Waals surface area (Å²) in [6.45, 7) is 1.99. The number of nitrogens with one attached hydrogen (secondary N) is 1. The summed E-state index contributed by atoms with van der Waals surface area (Å²) in [6.07, 6.45) is 4.03. The topological polar surface area (TPSA) is 96.2 Å². The van der Waals surface area contributed by atoms with Crippen LogP contribution in [0.15, 0.2) is 18.3 Å². The van der Waals surface area contributed by atoms with Crippen LogP contribution in [0.25, 0.3) is 10.9 Å².